The highest BCUT2D eigenvalue weighted by molar-refractivity contribution is 6.74. The number of hydrogen-bond acceptors (Lipinski definition) is 5. The Bertz CT molecular complexity index is 1240. The maximum Gasteiger partial charge on any atom is 0.310 e. The van der Waals surface area contributed by atoms with Crippen LogP contribution in [0.2, 0.25) is 23.2 Å². The molecule has 2 heterocycles. The molecule has 0 saturated carbocycles. The Morgan fingerprint density at radius 2 is 1.82 bits per heavy atom. The summed E-state index contributed by atoms with van der Waals surface area (Å²) in [4.78, 5) is 17.3. The smallest absolute Gasteiger partial charge is 0.310 e. The van der Waals surface area contributed by atoms with Gasteiger partial charge in [0.1, 0.15) is 17.4 Å². The van der Waals surface area contributed by atoms with Gasteiger partial charge in [-0.05, 0) is 92.8 Å². The van der Waals surface area contributed by atoms with E-state index in [1.165, 1.54) is 6.07 Å². The maximum absolute atomic E-state index is 14.6. The molecule has 40 heavy (non-hydrogen) atoms. The number of anilines is 1. The summed E-state index contributed by atoms with van der Waals surface area (Å²) >= 11 is 6.62. The van der Waals surface area contributed by atoms with Gasteiger partial charge in [-0.2, -0.15) is 0 Å². The predicted molar refractivity (Wildman–Crippen MR) is 160 cm³/mol. The second-order valence-electron chi connectivity index (χ2n) is 13.0. The van der Waals surface area contributed by atoms with Crippen molar-refractivity contribution in [2.45, 2.75) is 70.5 Å². The van der Waals surface area contributed by atoms with Crippen molar-refractivity contribution in [3.8, 4) is 5.75 Å². The molecular formula is C31H43ClF2N2O3Si. The number of esters is 1. The molecule has 0 aromatic heterocycles. The molecule has 2 aliphatic rings. The number of halogens is 3. The quantitative estimate of drug-likeness (QED) is 0.239. The van der Waals surface area contributed by atoms with Gasteiger partial charge in [-0.1, -0.05) is 32.4 Å². The molecule has 0 aliphatic carbocycles. The van der Waals surface area contributed by atoms with Crippen LogP contribution in [0.4, 0.5) is 14.5 Å². The summed E-state index contributed by atoms with van der Waals surface area (Å²) in [6.07, 6.45) is 1.97. The number of likely N-dealkylation sites (tertiary alicyclic amines) is 1. The molecule has 4 rings (SSSR count). The number of rotatable bonds is 8. The minimum atomic E-state index is -2.04. The van der Waals surface area contributed by atoms with Gasteiger partial charge in [0.05, 0.1) is 18.2 Å². The molecule has 0 bridgehead atoms. The molecule has 1 unspecified atom stereocenters. The zero-order chi connectivity index (χ0) is 29.5. The zero-order valence-corrected chi connectivity index (χ0v) is 26.6. The van der Waals surface area contributed by atoms with Gasteiger partial charge in [-0.15, -0.1) is 0 Å². The number of hydrogen-bond donors (Lipinski definition) is 0. The van der Waals surface area contributed by atoms with Crippen LogP contribution in [0.25, 0.3) is 0 Å². The van der Waals surface area contributed by atoms with Crippen LogP contribution in [-0.4, -0.2) is 59.0 Å². The van der Waals surface area contributed by atoms with E-state index in [4.69, 9.17) is 20.8 Å². The van der Waals surface area contributed by atoms with Crippen LogP contribution in [0.15, 0.2) is 30.3 Å². The number of likely N-dealkylation sites (N-methyl/N-ethyl adjacent to an activating group) is 1. The number of benzene rings is 2. The lowest BCUT2D eigenvalue weighted by molar-refractivity contribution is -0.148. The van der Waals surface area contributed by atoms with Crippen molar-refractivity contribution >= 4 is 31.6 Å². The summed E-state index contributed by atoms with van der Waals surface area (Å²) in [6, 6.07) is 8.18. The second kappa shape index (κ2) is 11.6. The first-order chi connectivity index (χ1) is 18.7. The molecule has 2 aromatic carbocycles. The van der Waals surface area contributed by atoms with Crippen LogP contribution in [0.1, 0.15) is 51.7 Å². The third-order valence-corrected chi connectivity index (χ3v) is 13.8. The van der Waals surface area contributed by atoms with Gasteiger partial charge >= 0.3 is 5.97 Å². The summed E-state index contributed by atoms with van der Waals surface area (Å²) in [5.41, 5.74) is 1.84. The Morgan fingerprint density at radius 3 is 2.45 bits per heavy atom. The first-order valence-electron chi connectivity index (χ1n) is 14.2. The maximum atomic E-state index is 14.6. The third-order valence-electron chi connectivity index (χ3n) is 9.10. The van der Waals surface area contributed by atoms with Crippen LogP contribution >= 0.6 is 11.6 Å². The second-order valence-corrected chi connectivity index (χ2v) is 18.1. The number of carbonyl (C=O) groups excluding carboxylic acids is 1. The average molecular weight is 593 g/mol. The predicted octanol–water partition coefficient (Wildman–Crippen LogP) is 7.21. The van der Waals surface area contributed by atoms with Gasteiger partial charge in [0.2, 0.25) is 8.32 Å². The molecule has 1 saturated heterocycles. The fraction of sp³-hybridized carbons (Fsp3) is 0.581. The van der Waals surface area contributed by atoms with E-state index in [2.05, 4.69) is 38.8 Å². The summed E-state index contributed by atoms with van der Waals surface area (Å²) in [5, 5.41) is 0.655. The van der Waals surface area contributed by atoms with E-state index >= 15 is 0 Å². The van der Waals surface area contributed by atoms with E-state index in [0.29, 0.717) is 36.8 Å². The summed E-state index contributed by atoms with van der Waals surface area (Å²) in [6.45, 7) is 15.8. The fourth-order valence-electron chi connectivity index (χ4n) is 5.85. The van der Waals surface area contributed by atoms with Crippen molar-refractivity contribution in [1.82, 2.24) is 4.90 Å². The lowest BCUT2D eigenvalue weighted by Gasteiger charge is -2.40. The number of carbonyl (C=O) groups is 1. The molecule has 0 N–H and O–H groups in total. The Labute approximate surface area is 243 Å². The van der Waals surface area contributed by atoms with Gasteiger partial charge in [-0.3, -0.25) is 4.79 Å². The minimum absolute atomic E-state index is 0.0536. The number of fused-ring (bicyclic) bond motifs is 2. The van der Waals surface area contributed by atoms with Gasteiger partial charge < -0.3 is 19.0 Å². The molecular weight excluding hydrogens is 550 g/mol. The standard InChI is InChI=1S/C31H43ClF2N2O3Si/c1-8-38-29(37)22(15-21-16-24(9-10-26(21)32)39-40(6,7)30(2,3)4)19-36-13-11-31(12-14-36)20-35(5)28-25(31)17-23(33)18-27(28)34/h9-10,16-18,22H,8,11-15,19-20H2,1-7H3. The van der Waals surface area contributed by atoms with Gasteiger partial charge in [0, 0.05) is 36.6 Å². The van der Waals surface area contributed by atoms with Gasteiger partial charge in [0.25, 0.3) is 0 Å². The fourth-order valence-corrected chi connectivity index (χ4v) is 7.06. The highest BCUT2D eigenvalue weighted by Crippen LogP contribution is 2.48. The normalized spacial score (nSPS) is 18.1. The van der Waals surface area contributed by atoms with Crippen molar-refractivity contribution in [3.05, 3.63) is 58.1 Å². The monoisotopic (exact) mass is 592 g/mol. The first-order valence-corrected chi connectivity index (χ1v) is 17.5. The summed E-state index contributed by atoms with van der Waals surface area (Å²) < 4.78 is 40.8. The highest BCUT2D eigenvalue weighted by atomic mass is 35.5. The van der Waals surface area contributed by atoms with E-state index < -0.39 is 25.9 Å². The number of piperidine rings is 1. The molecule has 9 heteroatoms. The molecule has 5 nitrogen and oxygen atoms in total. The topological polar surface area (TPSA) is 42.0 Å². The SMILES string of the molecule is CCOC(=O)C(Cc1cc(O[Si](C)(C)C(C)(C)C)ccc1Cl)CN1CCC2(CC1)CN(C)c1c(F)cc(F)cc12. The largest absolute Gasteiger partial charge is 0.543 e. The molecule has 1 atom stereocenters. The summed E-state index contributed by atoms with van der Waals surface area (Å²) in [5.74, 6) is -0.909. The minimum Gasteiger partial charge on any atom is -0.543 e. The Kier molecular flexibility index (Phi) is 8.94. The van der Waals surface area contributed by atoms with Crippen LogP contribution in [0.5, 0.6) is 5.75 Å². The molecule has 220 valence electrons. The van der Waals surface area contributed by atoms with Crippen molar-refractivity contribution < 1.29 is 22.7 Å². The van der Waals surface area contributed by atoms with Crippen LogP contribution < -0.4 is 9.33 Å². The molecule has 0 radical (unpaired) electrons. The Hall–Kier alpha value is -2.16. The van der Waals surface area contributed by atoms with E-state index in [-0.39, 0.29) is 16.4 Å². The number of ether oxygens (including phenoxy) is 1. The van der Waals surface area contributed by atoms with Crippen LogP contribution in [0, 0.1) is 17.6 Å². The summed E-state index contributed by atoms with van der Waals surface area (Å²) in [7, 11) is -0.177. The van der Waals surface area contributed by atoms with E-state index in [1.54, 1.807) is 0 Å². The van der Waals surface area contributed by atoms with Crippen LogP contribution in [-0.2, 0) is 21.4 Å². The highest BCUT2D eigenvalue weighted by Gasteiger charge is 2.45. The Balaban J connectivity index is 1.49. The van der Waals surface area contributed by atoms with Crippen molar-refractivity contribution in [2.75, 3.05) is 44.7 Å². The lowest BCUT2D eigenvalue weighted by atomic mass is 9.74. The van der Waals surface area contributed by atoms with Crippen molar-refractivity contribution in [2.24, 2.45) is 5.92 Å². The lowest BCUT2D eigenvalue weighted by Crippen LogP contribution is -2.47. The van der Waals surface area contributed by atoms with Gasteiger partial charge in [-0.25, -0.2) is 8.78 Å². The average Bonchev–Trinajstić information content (AvgIpc) is 3.12. The molecule has 2 aliphatic heterocycles. The zero-order valence-electron chi connectivity index (χ0n) is 24.9. The van der Waals surface area contributed by atoms with Crippen molar-refractivity contribution in [1.29, 1.82) is 0 Å². The molecule has 2 aromatic rings. The number of nitrogens with zero attached hydrogens (tertiary/aromatic N) is 2. The van der Waals surface area contributed by atoms with E-state index in [9.17, 15) is 13.6 Å². The molecule has 1 spiro atoms. The first kappa shape index (κ1) is 30.8. The molecule has 0 amide bonds. The van der Waals surface area contributed by atoms with E-state index in [1.807, 2.05) is 37.1 Å². The molecule has 1 fully saturated rings. The van der Waals surface area contributed by atoms with Crippen LogP contribution in [0.3, 0.4) is 0 Å². The van der Waals surface area contributed by atoms with Crippen molar-refractivity contribution in [3.63, 3.8) is 0 Å². The van der Waals surface area contributed by atoms with Gasteiger partial charge in [0.15, 0.2) is 0 Å². The Morgan fingerprint density at radius 1 is 1.15 bits per heavy atom. The third kappa shape index (κ3) is 6.34. The van der Waals surface area contributed by atoms with E-state index in [0.717, 1.165) is 48.9 Å².